The predicted molar refractivity (Wildman–Crippen MR) is 72.4 cm³/mol. The monoisotopic (exact) mass is 250 g/mol. The van der Waals surface area contributed by atoms with Gasteiger partial charge in [0.25, 0.3) is 0 Å². The highest BCUT2D eigenvalue weighted by Gasteiger charge is 2.33. The molecule has 0 saturated carbocycles. The number of nitrogens with two attached hydrogens (primary N) is 1. The van der Waals surface area contributed by atoms with E-state index in [2.05, 4.69) is 24.4 Å². The number of ether oxygens (including phenoxy) is 1. The lowest BCUT2D eigenvalue weighted by Crippen LogP contribution is -2.44. The van der Waals surface area contributed by atoms with Crippen LogP contribution in [0.25, 0.3) is 0 Å². The molecule has 0 saturated heterocycles. The summed E-state index contributed by atoms with van der Waals surface area (Å²) in [6.07, 6.45) is -0.891. The van der Waals surface area contributed by atoms with Crippen molar-refractivity contribution < 1.29 is 9.84 Å². The Kier molecular flexibility index (Phi) is 4.22. The maximum atomic E-state index is 9.83. The van der Waals surface area contributed by atoms with Crippen molar-refractivity contribution in [3.8, 4) is 0 Å². The molecule has 1 heterocycles. The predicted octanol–water partition coefficient (Wildman–Crippen LogP) is 1.51. The Morgan fingerprint density at radius 3 is 2.94 bits per heavy atom. The third-order valence-electron chi connectivity index (χ3n) is 3.78. The van der Waals surface area contributed by atoms with Crippen LogP contribution in [0.2, 0.25) is 0 Å². The van der Waals surface area contributed by atoms with Gasteiger partial charge in [-0.1, -0.05) is 25.1 Å². The number of anilines is 1. The number of hydrogen-bond donors (Lipinski definition) is 3. The average molecular weight is 250 g/mol. The first-order chi connectivity index (χ1) is 8.65. The van der Waals surface area contributed by atoms with Crippen LogP contribution in [0, 0.1) is 5.92 Å². The second-order valence-electron chi connectivity index (χ2n) is 4.86. The Bertz CT molecular complexity index is 397. The van der Waals surface area contributed by atoms with E-state index in [1.165, 1.54) is 11.3 Å². The number of rotatable bonds is 5. The van der Waals surface area contributed by atoms with Crippen LogP contribution in [-0.4, -0.2) is 30.6 Å². The summed E-state index contributed by atoms with van der Waals surface area (Å²) in [7, 11) is 0. The van der Waals surface area contributed by atoms with Crippen LogP contribution in [0.4, 0.5) is 5.69 Å². The maximum Gasteiger partial charge on any atom is 0.169 e. The van der Waals surface area contributed by atoms with E-state index < -0.39 is 6.29 Å². The summed E-state index contributed by atoms with van der Waals surface area (Å²) in [6, 6.07) is 7.88. The van der Waals surface area contributed by atoms with Crippen LogP contribution in [0.5, 0.6) is 0 Å². The van der Waals surface area contributed by atoms with Gasteiger partial charge in [-0.2, -0.15) is 0 Å². The highest BCUT2D eigenvalue weighted by atomic mass is 16.6. The molecule has 0 fully saturated rings. The van der Waals surface area contributed by atoms with Crippen molar-refractivity contribution in [1.29, 1.82) is 0 Å². The van der Waals surface area contributed by atoms with E-state index in [9.17, 15) is 5.11 Å². The highest BCUT2D eigenvalue weighted by Crippen LogP contribution is 2.37. The number of aliphatic hydroxyl groups excluding tert-OH is 1. The van der Waals surface area contributed by atoms with Crippen molar-refractivity contribution in [2.45, 2.75) is 32.1 Å². The van der Waals surface area contributed by atoms with Gasteiger partial charge in [-0.3, -0.25) is 0 Å². The summed E-state index contributed by atoms with van der Waals surface area (Å²) in [5, 5.41) is 13.2. The number of nitrogens with one attached hydrogen (secondary N) is 1. The van der Waals surface area contributed by atoms with Crippen molar-refractivity contribution >= 4 is 5.69 Å². The van der Waals surface area contributed by atoms with E-state index in [4.69, 9.17) is 10.5 Å². The molecule has 0 radical (unpaired) electrons. The molecular weight excluding hydrogens is 228 g/mol. The third-order valence-corrected chi connectivity index (χ3v) is 3.78. The third kappa shape index (κ3) is 2.51. The minimum Gasteiger partial charge on any atom is -0.384 e. The van der Waals surface area contributed by atoms with Crippen molar-refractivity contribution in [1.82, 2.24) is 0 Å². The summed E-state index contributed by atoms with van der Waals surface area (Å²) < 4.78 is 5.18. The largest absolute Gasteiger partial charge is 0.384 e. The molecule has 1 aromatic rings. The summed E-state index contributed by atoms with van der Waals surface area (Å²) in [5.74, 6) is 0.481. The van der Waals surface area contributed by atoms with Crippen LogP contribution in [0.15, 0.2) is 24.3 Å². The Balaban J connectivity index is 2.09. The van der Waals surface area contributed by atoms with Gasteiger partial charge in [0.15, 0.2) is 6.29 Å². The van der Waals surface area contributed by atoms with Crippen molar-refractivity contribution in [2.24, 2.45) is 11.7 Å². The van der Waals surface area contributed by atoms with Crippen LogP contribution in [-0.2, 0) is 4.74 Å². The molecule has 4 unspecified atom stereocenters. The molecule has 4 atom stereocenters. The lowest BCUT2D eigenvalue weighted by molar-refractivity contribution is -0.118. The van der Waals surface area contributed by atoms with E-state index in [0.29, 0.717) is 12.5 Å². The van der Waals surface area contributed by atoms with Gasteiger partial charge in [0, 0.05) is 24.8 Å². The number of aliphatic hydroxyl groups is 1. The lowest BCUT2D eigenvalue weighted by Gasteiger charge is -2.29. The van der Waals surface area contributed by atoms with Gasteiger partial charge >= 0.3 is 0 Å². The van der Waals surface area contributed by atoms with E-state index in [0.717, 1.165) is 6.54 Å². The fourth-order valence-corrected chi connectivity index (χ4v) is 2.59. The number of benzene rings is 1. The number of hydrogen-bond acceptors (Lipinski definition) is 4. The van der Waals surface area contributed by atoms with Crippen LogP contribution in [0.1, 0.15) is 25.3 Å². The molecule has 0 aliphatic carbocycles. The average Bonchev–Trinajstić information content (AvgIpc) is 2.81. The normalized spacial score (nSPS) is 23.0. The molecule has 2 rings (SSSR count). The smallest absolute Gasteiger partial charge is 0.169 e. The van der Waals surface area contributed by atoms with Gasteiger partial charge in [-0.05, 0) is 24.5 Å². The van der Waals surface area contributed by atoms with Crippen LogP contribution in [0.3, 0.4) is 0 Å². The zero-order chi connectivity index (χ0) is 13.1. The molecule has 18 heavy (non-hydrogen) atoms. The van der Waals surface area contributed by atoms with Crippen molar-refractivity contribution in [3.63, 3.8) is 0 Å². The first-order valence-corrected chi connectivity index (χ1v) is 6.53. The molecule has 100 valence electrons. The first-order valence-electron chi connectivity index (χ1n) is 6.53. The topological polar surface area (TPSA) is 67.5 Å². The molecule has 4 N–H and O–H groups in total. The summed E-state index contributed by atoms with van der Waals surface area (Å²) in [5.41, 5.74) is 8.54. The fraction of sp³-hybridized carbons (Fsp3) is 0.571. The zero-order valence-corrected chi connectivity index (χ0v) is 11.0. The van der Waals surface area contributed by atoms with Gasteiger partial charge in [-0.25, -0.2) is 0 Å². The lowest BCUT2D eigenvalue weighted by atomic mass is 9.84. The molecule has 0 aromatic heterocycles. The van der Waals surface area contributed by atoms with Crippen LogP contribution < -0.4 is 11.1 Å². The molecule has 1 aliphatic rings. The van der Waals surface area contributed by atoms with E-state index in [-0.39, 0.29) is 12.0 Å². The molecule has 4 nitrogen and oxygen atoms in total. The van der Waals surface area contributed by atoms with Gasteiger partial charge in [0.2, 0.25) is 0 Å². The zero-order valence-electron chi connectivity index (χ0n) is 11.0. The molecular formula is C14H22N2O2. The SMILES string of the molecule is CCOC(O)C(N)C(C)C1CNc2ccccc21. The van der Waals surface area contributed by atoms with E-state index in [1.54, 1.807) is 0 Å². The maximum absolute atomic E-state index is 9.83. The Morgan fingerprint density at radius 1 is 1.50 bits per heavy atom. The molecule has 0 amide bonds. The second-order valence-corrected chi connectivity index (χ2v) is 4.86. The molecule has 0 spiro atoms. The fourth-order valence-electron chi connectivity index (χ4n) is 2.59. The molecule has 1 aromatic carbocycles. The van der Waals surface area contributed by atoms with Crippen LogP contribution >= 0.6 is 0 Å². The first kappa shape index (κ1) is 13.3. The number of para-hydroxylation sites is 1. The van der Waals surface area contributed by atoms with E-state index in [1.807, 2.05) is 19.1 Å². The molecule has 0 bridgehead atoms. The van der Waals surface area contributed by atoms with Gasteiger partial charge in [0.05, 0.1) is 6.04 Å². The summed E-state index contributed by atoms with van der Waals surface area (Å²) in [6.45, 7) is 5.27. The standard InChI is InChI=1S/C14H22N2O2/c1-3-18-14(17)13(15)9(2)11-8-16-12-7-5-4-6-10(11)12/h4-7,9,11,13-14,16-17H,3,8,15H2,1-2H3. The second kappa shape index (κ2) is 5.69. The minimum absolute atomic E-state index is 0.155. The van der Waals surface area contributed by atoms with Gasteiger partial charge in [-0.15, -0.1) is 0 Å². The van der Waals surface area contributed by atoms with E-state index >= 15 is 0 Å². The summed E-state index contributed by atoms with van der Waals surface area (Å²) >= 11 is 0. The minimum atomic E-state index is -0.891. The Morgan fingerprint density at radius 2 is 2.22 bits per heavy atom. The number of fused-ring (bicyclic) bond motifs is 1. The van der Waals surface area contributed by atoms with Gasteiger partial charge in [0.1, 0.15) is 0 Å². The highest BCUT2D eigenvalue weighted by molar-refractivity contribution is 5.57. The Labute approximate surface area is 108 Å². The van der Waals surface area contributed by atoms with Crippen molar-refractivity contribution in [3.05, 3.63) is 29.8 Å². The van der Waals surface area contributed by atoms with Crippen molar-refractivity contribution in [2.75, 3.05) is 18.5 Å². The Hall–Kier alpha value is -1.10. The quantitative estimate of drug-likeness (QED) is 0.693. The van der Waals surface area contributed by atoms with Gasteiger partial charge < -0.3 is 20.9 Å². The molecule has 1 aliphatic heterocycles. The molecule has 4 heteroatoms. The summed E-state index contributed by atoms with van der Waals surface area (Å²) in [4.78, 5) is 0.